The Morgan fingerprint density at radius 1 is 1.00 bits per heavy atom. The van der Waals surface area contributed by atoms with Gasteiger partial charge in [0, 0.05) is 11.8 Å². The monoisotopic (exact) mass is 436 g/mol. The molecule has 0 spiro atoms. The first kappa shape index (κ1) is 19.7. The molecule has 0 aliphatic carbocycles. The van der Waals surface area contributed by atoms with E-state index in [9.17, 15) is 18.0 Å². The Morgan fingerprint density at radius 3 is 2.59 bits per heavy atom. The largest absolute Gasteiger partial charge is 0.360 e. The number of rotatable bonds is 4. The Kier molecular flexibility index (Phi) is 4.62. The highest BCUT2D eigenvalue weighted by Gasteiger charge is 2.20. The van der Waals surface area contributed by atoms with Crippen LogP contribution in [0.3, 0.4) is 0 Å². The zero-order valence-corrected chi connectivity index (χ0v) is 16.6. The molecule has 0 saturated carbocycles. The molecule has 0 radical (unpaired) electrons. The number of aromatic amines is 1. The Hall–Kier alpha value is -4.21. The summed E-state index contributed by atoms with van der Waals surface area (Å²) in [5, 5.41) is 3.72. The lowest BCUT2D eigenvalue weighted by atomic mass is 10.1. The van der Waals surface area contributed by atoms with Crippen LogP contribution in [0, 0.1) is 17.5 Å². The third-order valence-corrected chi connectivity index (χ3v) is 5.18. The van der Waals surface area contributed by atoms with Gasteiger partial charge in [-0.05, 0) is 42.6 Å². The number of nitrogens with zero attached hydrogens (tertiary/aromatic N) is 4. The smallest absolute Gasteiger partial charge is 0.263 e. The van der Waals surface area contributed by atoms with Gasteiger partial charge in [0.05, 0.1) is 23.4 Å². The van der Waals surface area contributed by atoms with E-state index in [4.69, 9.17) is 0 Å². The molecule has 0 aliphatic rings. The highest BCUT2D eigenvalue weighted by atomic mass is 19.1. The van der Waals surface area contributed by atoms with E-state index in [1.165, 1.54) is 30.9 Å². The highest BCUT2D eigenvalue weighted by molar-refractivity contribution is 5.84. The molecular weight excluding hydrogens is 421 g/mol. The predicted molar refractivity (Wildman–Crippen MR) is 113 cm³/mol. The van der Waals surface area contributed by atoms with Crippen molar-refractivity contribution in [2.45, 2.75) is 13.0 Å². The molecular formula is C22H15F3N6O. The van der Waals surface area contributed by atoms with Gasteiger partial charge in [0.15, 0.2) is 11.5 Å². The molecule has 160 valence electrons. The van der Waals surface area contributed by atoms with Gasteiger partial charge < -0.3 is 10.3 Å². The van der Waals surface area contributed by atoms with Crippen LogP contribution in [-0.4, -0.2) is 24.5 Å². The summed E-state index contributed by atoms with van der Waals surface area (Å²) < 4.78 is 43.2. The van der Waals surface area contributed by atoms with Crippen molar-refractivity contribution in [2.24, 2.45) is 0 Å². The van der Waals surface area contributed by atoms with E-state index in [1.807, 2.05) is 0 Å². The molecule has 0 amide bonds. The molecule has 10 heteroatoms. The molecule has 3 aromatic heterocycles. The van der Waals surface area contributed by atoms with Gasteiger partial charge in [0.25, 0.3) is 5.56 Å². The third kappa shape index (κ3) is 3.25. The minimum atomic E-state index is -0.923. The molecule has 32 heavy (non-hydrogen) atoms. The van der Waals surface area contributed by atoms with Gasteiger partial charge in [-0.2, -0.15) is 0 Å². The van der Waals surface area contributed by atoms with Gasteiger partial charge in [-0.15, -0.1) is 0 Å². The third-order valence-electron chi connectivity index (χ3n) is 5.18. The normalized spacial score (nSPS) is 12.4. The van der Waals surface area contributed by atoms with Crippen LogP contribution in [0.4, 0.5) is 19.0 Å². The summed E-state index contributed by atoms with van der Waals surface area (Å²) in [6.07, 6.45) is 2.83. The summed E-state index contributed by atoms with van der Waals surface area (Å²) in [5.41, 5.74) is 0.583. The van der Waals surface area contributed by atoms with E-state index in [1.54, 1.807) is 13.0 Å². The van der Waals surface area contributed by atoms with Crippen LogP contribution < -0.4 is 10.9 Å². The summed E-state index contributed by atoms with van der Waals surface area (Å²) in [7, 11) is 0. The lowest BCUT2D eigenvalue weighted by Crippen LogP contribution is -2.26. The molecule has 0 aliphatic heterocycles. The number of imidazole rings is 1. The maximum Gasteiger partial charge on any atom is 0.263 e. The number of hydrogen-bond acceptors (Lipinski definition) is 5. The van der Waals surface area contributed by atoms with Gasteiger partial charge in [0.1, 0.15) is 29.3 Å². The number of hydrogen-bond donors (Lipinski definition) is 2. The first-order valence-electron chi connectivity index (χ1n) is 9.63. The van der Waals surface area contributed by atoms with Crippen molar-refractivity contribution in [1.29, 1.82) is 0 Å². The standard InChI is InChI=1S/C22H15F3N6O/c1-11(30-21-19-20(27-9-26-19)28-10-29-21)18-6-12-2-3-13(23)7-15(12)22(32)31(18)17-5-4-14(24)8-16(17)25/h2-11H,1H3,(H2,26,27,28,29,30)/t11-/m0/s1. The second-order valence-electron chi connectivity index (χ2n) is 7.23. The van der Waals surface area contributed by atoms with E-state index in [0.29, 0.717) is 34.1 Å². The maximum atomic E-state index is 14.7. The second kappa shape index (κ2) is 7.49. The molecule has 0 saturated heterocycles. The van der Waals surface area contributed by atoms with Crippen molar-refractivity contribution >= 4 is 27.8 Å². The van der Waals surface area contributed by atoms with Gasteiger partial charge >= 0.3 is 0 Å². The van der Waals surface area contributed by atoms with E-state index in [-0.39, 0.29) is 11.1 Å². The predicted octanol–water partition coefficient (Wildman–Crippen LogP) is 4.25. The van der Waals surface area contributed by atoms with Gasteiger partial charge in [-0.1, -0.05) is 6.07 Å². The first-order valence-corrected chi connectivity index (χ1v) is 9.63. The topological polar surface area (TPSA) is 88.5 Å². The number of nitrogens with one attached hydrogen (secondary N) is 2. The number of fused-ring (bicyclic) bond motifs is 2. The summed E-state index contributed by atoms with van der Waals surface area (Å²) >= 11 is 0. The van der Waals surface area contributed by atoms with Crippen molar-refractivity contribution in [1.82, 2.24) is 24.5 Å². The number of H-pyrrole nitrogens is 1. The van der Waals surface area contributed by atoms with Crippen LogP contribution in [0.25, 0.3) is 27.6 Å². The lowest BCUT2D eigenvalue weighted by molar-refractivity contribution is 0.574. The van der Waals surface area contributed by atoms with E-state index in [2.05, 4.69) is 25.3 Å². The van der Waals surface area contributed by atoms with Crippen LogP contribution in [0.1, 0.15) is 18.7 Å². The SMILES string of the molecule is C[C@H](Nc1ncnc2[nH]cnc12)c1cc2ccc(F)cc2c(=O)n1-c1ccc(F)cc1F. The summed E-state index contributed by atoms with van der Waals surface area (Å²) in [6, 6.07) is 7.81. The number of halogens is 3. The van der Waals surface area contributed by atoms with Crippen molar-refractivity contribution in [3.05, 3.63) is 88.6 Å². The van der Waals surface area contributed by atoms with E-state index >= 15 is 0 Å². The van der Waals surface area contributed by atoms with Gasteiger partial charge in [-0.25, -0.2) is 28.1 Å². The molecule has 3 heterocycles. The fourth-order valence-electron chi connectivity index (χ4n) is 3.68. The van der Waals surface area contributed by atoms with Crippen molar-refractivity contribution in [2.75, 3.05) is 5.32 Å². The van der Waals surface area contributed by atoms with Crippen molar-refractivity contribution in [3.63, 3.8) is 0 Å². The fraction of sp³-hybridized carbons (Fsp3) is 0.0909. The molecule has 7 nitrogen and oxygen atoms in total. The second-order valence-corrected chi connectivity index (χ2v) is 7.23. The Labute approximate surface area is 178 Å². The highest BCUT2D eigenvalue weighted by Crippen LogP contribution is 2.27. The van der Waals surface area contributed by atoms with Crippen LogP contribution in [0.15, 0.2) is 59.9 Å². The molecule has 5 aromatic rings. The Bertz CT molecular complexity index is 1540. The first-order chi connectivity index (χ1) is 15.4. The minimum Gasteiger partial charge on any atom is -0.360 e. The van der Waals surface area contributed by atoms with E-state index in [0.717, 1.165) is 16.7 Å². The number of aromatic nitrogens is 5. The molecule has 0 unspecified atom stereocenters. The zero-order valence-electron chi connectivity index (χ0n) is 16.6. The number of anilines is 1. The molecule has 5 rings (SSSR count). The average Bonchev–Trinajstić information content (AvgIpc) is 3.25. The Balaban J connectivity index is 1.73. The van der Waals surface area contributed by atoms with Crippen LogP contribution >= 0.6 is 0 Å². The molecule has 2 aromatic carbocycles. The molecule has 0 bridgehead atoms. The zero-order chi connectivity index (χ0) is 22.4. The summed E-state index contributed by atoms with van der Waals surface area (Å²) in [5.74, 6) is -1.89. The quantitative estimate of drug-likeness (QED) is 0.440. The molecule has 1 atom stereocenters. The molecule has 2 N–H and O–H groups in total. The number of benzene rings is 2. The van der Waals surface area contributed by atoms with Crippen LogP contribution in [0.2, 0.25) is 0 Å². The number of pyridine rings is 1. The maximum absolute atomic E-state index is 14.7. The van der Waals surface area contributed by atoms with Crippen molar-refractivity contribution in [3.8, 4) is 5.69 Å². The van der Waals surface area contributed by atoms with Crippen molar-refractivity contribution < 1.29 is 13.2 Å². The average molecular weight is 436 g/mol. The summed E-state index contributed by atoms with van der Waals surface area (Å²) in [6.45, 7) is 1.75. The molecule has 0 fully saturated rings. The Morgan fingerprint density at radius 2 is 1.78 bits per heavy atom. The fourth-order valence-corrected chi connectivity index (χ4v) is 3.68. The minimum absolute atomic E-state index is 0.0707. The van der Waals surface area contributed by atoms with Crippen LogP contribution in [-0.2, 0) is 0 Å². The van der Waals surface area contributed by atoms with Gasteiger partial charge in [-0.3, -0.25) is 9.36 Å². The van der Waals surface area contributed by atoms with Gasteiger partial charge in [0.2, 0.25) is 0 Å². The summed E-state index contributed by atoms with van der Waals surface area (Å²) in [4.78, 5) is 28.7. The lowest BCUT2D eigenvalue weighted by Gasteiger charge is -2.21. The van der Waals surface area contributed by atoms with E-state index < -0.39 is 29.1 Å². The van der Waals surface area contributed by atoms with Crippen LogP contribution in [0.5, 0.6) is 0 Å².